The molecule has 0 atom stereocenters. The van der Waals surface area contributed by atoms with Crippen molar-refractivity contribution in [3.63, 3.8) is 0 Å². The van der Waals surface area contributed by atoms with Gasteiger partial charge in [-0.05, 0) is 62.2 Å². The summed E-state index contributed by atoms with van der Waals surface area (Å²) in [7, 11) is 0. The summed E-state index contributed by atoms with van der Waals surface area (Å²) in [6, 6.07) is 0. The minimum atomic E-state index is 0.724. The zero-order valence-electron chi connectivity index (χ0n) is 13.5. The van der Waals surface area contributed by atoms with Gasteiger partial charge >= 0.3 is 0 Å². The zero-order valence-corrected chi connectivity index (χ0v) is 13.5. The van der Waals surface area contributed by atoms with Crippen LogP contribution in [0.3, 0.4) is 0 Å². The van der Waals surface area contributed by atoms with Crippen LogP contribution < -0.4 is 0 Å². The molecular weight excluding hydrogens is 244 g/mol. The van der Waals surface area contributed by atoms with Crippen LogP contribution in [0.5, 0.6) is 0 Å². The van der Waals surface area contributed by atoms with E-state index in [-0.39, 0.29) is 0 Å². The Bertz CT molecular complexity index is 257. The molecule has 1 nitrogen and oxygen atoms in total. The number of hydrogen-bond acceptors (Lipinski definition) is 1. The van der Waals surface area contributed by atoms with E-state index in [1.807, 2.05) is 6.08 Å². The normalized spacial score (nSPS) is 34.9. The van der Waals surface area contributed by atoms with E-state index in [0.29, 0.717) is 0 Å². The topological polar surface area (TPSA) is 9.23 Å². The molecule has 20 heavy (non-hydrogen) atoms. The van der Waals surface area contributed by atoms with E-state index in [0.717, 1.165) is 36.9 Å². The molecule has 0 heterocycles. The van der Waals surface area contributed by atoms with Gasteiger partial charge in [-0.2, -0.15) is 0 Å². The lowest BCUT2D eigenvalue weighted by Crippen LogP contribution is -2.27. The summed E-state index contributed by atoms with van der Waals surface area (Å²) in [6.45, 7) is 7.73. The van der Waals surface area contributed by atoms with Gasteiger partial charge < -0.3 is 4.74 Å². The van der Waals surface area contributed by atoms with Crippen molar-refractivity contribution in [1.82, 2.24) is 0 Å². The summed E-state index contributed by atoms with van der Waals surface area (Å²) in [5.41, 5.74) is 0. The fourth-order valence-electron chi connectivity index (χ4n) is 4.50. The SMILES string of the molecule is C=CCOC[C@H]1CC[C@H](C2CCC(CCC)CC2)CC1. The highest BCUT2D eigenvalue weighted by atomic mass is 16.5. The molecule has 0 aromatic carbocycles. The van der Waals surface area contributed by atoms with Gasteiger partial charge in [-0.25, -0.2) is 0 Å². The van der Waals surface area contributed by atoms with Gasteiger partial charge in [0.25, 0.3) is 0 Å². The van der Waals surface area contributed by atoms with Gasteiger partial charge in [-0.15, -0.1) is 6.58 Å². The smallest absolute Gasteiger partial charge is 0.0644 e. The van der Waals surface area contributed by atoms with Crippen molar-refractivity contribution in [3.05, 3.63) is 12.7 Å². The first-order chi connectivity index (χ1) is 9.83. The molecule has 1 heteroatoms. The van der Waals surface area contributed by atoms with E-state index in [1.54, 1.807) is 0 Å². The highest BCUT2D eigenvalue weighted by Crippen LogP contribution is 2.42. The van der Waals surface area contributed by atoms with Crippen LogP contribution in [-0.2, 0) is 4.74 Å². The average Bonchev–Trinajstić information content (AvgIpc) is 2.49. The highest BCUT2D eigenvalue weighted by molar-refractivity contribution is 4.82. The lowest BCUT2D eigenvalue weighted by molar-refractivity contribution is 0.0780. The lowest BCUT2D eigenvalue weighted by Gasteiger charge is -2.37. The molecule has 0 unspecified atom stereocenters. The molecule has 0 bridgehead atoms. The first kappa shape index (κ1) is 16.1. The maximum absolute atomic E-state index is 5.63. The van der Waals surface area contributed by atoms with Crippen molar-refractivity contribution in [3.8, 4) is 0 Å². The molecule has 2 rings (SSSR count). The Hall–Kier alpha value is -0.300. The molecular formula is C19H34O. The Morgan fingerprint density at radius 2 is 1.45 bits per heavy atom. The Balaban J connectivity index is 1.63. The van der Waals surface area contributed by atoms with Gasteiger partial charge in [0.1, 0.15) is 0 Å². The van der Waals surface area contributed by atoms with Crippen LogP contribution in [0.2, 0.25) is 0 Å². The maximum atomic E-state index is 5.63. The molecule has 116 valence electrons. The van der Waals surface area contributed by atoms with Gasteiger partial charge in [0.2, 0.25) is 0 Å². The van der Waals surface area contributed by atoms with E-state index in [9.17, 15) is 0 Å². The summed E-state index contributed by atoms with van der Waals surface area (Å²) in [5.74, 6) is 3.97. The monoisotopic (exact) mass is 278 g/mol. The third-order valence-corrected chi connectivity index (χ3v) is 5.74. The fourth-order valence-corrected chi connectivity index (χ4v) is 4.50. The molecule has 2 aliphatic rings. The maximum Gasteiger partial charge on any atom is 0.0644 e. The van der Waals surface area contributed by atoms with Gasteiger partial charge in [-0.1, -0.05) is 38.7 Å². The Morgan fingerprint density at radius 1 is 0.900 bits per heavy atom. The van der Waals surface area contributed by atoms with E-state index in [1.165, 1.54) is 64.2 Å². The number of ether oxygens (including phenoxy) is 1. The van der Waals surface area contributed by atoms with E-state index >= 15 is 0 Å². The van der Waals surface area contributed by atoms with Crippen LogP contribution in [0.4, 0.5) is 0 Å². The molecule has 0 N–H and O–H groups in total. The molecule has 0 aliphatic heterocycles. The summed E-state index contributed by atoms with van der Waals surface area (Å²) in [6.07, 6.45) is 16.5. The third kappa shape index (κ3) is 4.91. The average molecular weight is 278 g/mol. The Kier molecular flexibility index (Phi) is 7.13. The molecule has 0 aromatic rings. The minimum absolute atomic E-state index is 0.724. The van der Waals surface area contributed by atoms with E-state index < -0.39 is 0 Å². The summed E-state index contributed by atoms with van der Waals surface area (Å²) in [5, 5.41) is 0. The van der Waals surface area contributed by atoms with E-state index in [4.69, 9.17) is 4.74 Å². The summed E-state index contributed by atoms with van der Waals surface area (Å²) >= 11 is 0. The molecule has 0 radical (unpaired) electrons. The van der Waals surface area contributed by atoms with Crippen molar-refractivity contribution in [2.24, 2.45) is 23.7 Å². The van der Waals surface area contributed by atoms with Crippen LogP contribution in [0.15, 0.2) is 12.7 Å². The predicted molar refractivity (Wildman–Crippen MR) is 86.8 cm³/mol. The third-order valence-electron chi connectivity index (χ3n) is 5.74. The molecule has 2 saturated carbocycles. The summed E-state index contributed by atoms with van der Waals surface area (Å²) in [4.78, 5) is 0. The van der Waals surface area contributed by atoms with Crippen LogP contribution in [-0.4, -0.2) is 13.2 Å². The van der Waals surface area contributed by atoms with Crippen molar-refractivity contribution in [2.45, 2.75) is 71.1 Å². The quantitative estimate of drug-likeness (QED) is 0.435. The largest absolute Gasteiger partial charge is 0.377 e. The van der Waals surface area contributed by atoms with Crippen LogP contribution in [0.25, 0.3) is 0 Å². The van der Waals surface area contributed by atoms with Crippen LogP contribution in [0.1, 0.15) is 71.1 Å². The van der Waals surface area contributed by atoms with Gasteiger partial charge in [0, 0.05) is 6.61 Å². The standard InChI is InChI=1S/C19H34O/c1-3-5-16-6-10-18(11-7-16)19-12-8-17(9-13-19)15-20-14-4-2/h4,16-19H,2-3,5-15H2,1H3/t16?,17-,18?,19-. The van der Waals surface area contributed by atoms with Crippen molar-refractivity contribution in [2.75, 3.05) is 13.2 Å². The first-order valence-electron chi connectivity index (χ1n) is 9.02. The predicted octanol–water partition coefficient (Wildman–Crippen LogP) is 5.60. The highest BCUT2D eigenvalue weighted by Gasteiger charge is 2.30. The van der Waals surface area contributed by atoms with Crippen molar-refractivity contribution >= 4 is 0 Å². The Labute approximate surface area is 126 Å². The second-order valence-corrected chi connectivity index (χ2v) is 7.18. The molecule has 0 saturated heterocycles. The lowest BCUT2D eigenvalue weighted by atomic mass is 9.69. The number of rotatable bonds is 7. The first-order valence-corrected chi connectivity index (χ1v) is 9.02. The van der Waals surface area contributed by atoms with Gasteiger partial charge in [0.05, 0.1) is 6.61 Å². The molecule has 0 amide bonds. The molecule has 2 fully saturated rings. The molecule has 0 aromatic heterocycles. The Morgan fingerprint density at radius 3 is 1.95 bits per heavy atom. The fraction of sp³-hybridized carbons (Fsp3) is 0.895. The number of hydrogen-bond donors (Lipinski definition) is 0. The second-order valence-electron chi connectivity index (χ2n) is 7.18. The van der Waals surface area contributed by atoms with Crippen LogP contribution in [0, 0.1) is 23.7 Å². The van der Waals surface area contributed by atoms with Crippen molar-refractivity contribution in [1.29, 1.82) is 0 Å². The second kappa shape index (κ2) is 8.87. The van der Waals surface area contributed by atoms with Crippen LogP contribution >= 0.6 is 0 Å². The van der Waals surface area contributed by atoms with E-state index in [2.05, 4.69) is 13.5 Å². The minimum Gasteiger partial charge on any atom is -0.377 e. The molecule has 0 spiro atoms. The van der Waals surface area contributed by atoms with Gasteiger partial charge in [0.15, 0.2) is 0 Å². The van der Waals surface area contributed by atoms with Gasteiger partial charge in [-0.3, -0.25) is 0 Å². The summed E-state index contributed by atoms with van der Waals surface area (Å²) < 4.78 is 5.63. The van der Waals surface area contributed by atoms with Crippen molar-refractivity contribution < 1.29 is 4.74 Å². The molecule has 2 aliphatic carbocycles. The zero-order chi connectivity index (χ0) is 14.2.